The highest BCUT2D eigenvalue weighted by molar-refractivity contribution is 5.83. The number of nitrogens with zero attached hydrogens (tertiary/aromatic N) is 2. The second kappa shape index (κ2) is 8.55. The van der Waals surface area contributed by atoms with Gasteiger partial charge in [0.2, 0.25) is 11.8 Å². The fourth-order valence-electron chi connectivity index (χ4n) is 2.28. The molecule has 1 aliphatic rings. The lowest BCUT2D eigenvalue weighted by atomic mass is 10.3. The van der Waals surface area contributed by atoms with Gasteiger partial charge in [-0.1, -0.05) is 0 Å². The van der Waals surface area contributed by atoms with E-state index in [2.05, 4.69) is 10.2 Å². The minimum atomic E-state index is -0.157. The first-order valence-corrected chi connectivity index (χ1v) is 7.50. The van der Waals surface area contributed by atoms with Crippen molar-refractivity contribution in [1.82, 2.24) is 15.1 Å². The summed E-state index contributed by atoms with van der Waals surface area (Å²) in [5.41, 5.74) is 0. The van der Waals surface area contributed by atoms with Crippen molar-refractivity contribution in [2.45, 2.75) is 13.5 Å². The lowest BCUT2D eigenvalue weighted by Crippen LogP contribution is -2.44. The molecule has 0 spiro atoms. The van der Waals surface area contributed by atoms with Crippen LogP contribution < -0.4 is 5.32 Å². The predicted molar refractivity (Wildman–Crippen MR) is 80.1 cm³/mol. The molecule has 0 aliphatic carbocycles. The Hall–Kier alpha value is -1.86. The molecule has 0 unspecified atom stereocenters. The monoisotopic (exact) mass is 309 g/mol. The molecular weight excluding hydrogens is 286 g/mol. The summed E-state index contributed by atoms with van der Waals surface area (Å²) in [7, 11) is 0. The fraction of sp³-hybridized carbons (Fsp3) is 0.600. The number of ether oxygens (including phenoxy) is 1. The molecule has 1 fully saturated rings. The molecule has 0 saturated carbocycles. The van der Waals surface area contributed by atoms with Gasteiger partial charge in [-0.3, -0.25) is 14.5 Å². The average Bonchev–Trinajstić information content (AvgIpc) is 3.00. The van der Waals surface area contributed by atoms with Crippen molar-refractivity contribution in [2.75, 3.05) is 45.9 Å². The van der Waals surface area contributed by atoms with Crippen LogP contribution in [-0.2, 0) is 20.9 Å². The zero-order valence-corrected chi connectivity index (χ0v) is 12.9. The van der Waals surface area contributed by atoms with Crippen LogP contribution >= 0.6 is 0 Å². The van der Waals surface area contributed by atoms with E-state index in [0.29, 0.717) is 18.8 Å². The Balaban J connectivity index is 1.70. The molecule has 22 heavy (non-hydrogen) atoms. The van der Waals surface area contributed by atoms with Gasteiger partial charge in [-0.25, -0.2) is 0 Å². The zero-order valence-electron chi connectivity index (χ0n) is 12.9. The molecule has 2 rings (SSSR count). The molecule has 0 radical (unpaired) electrons. The van der Waals surface area contributed by atoms with Crippen LogP contribution in [0.5, 0.6) is 0 Å². The quantitative estimate of drug-likeness (QED) is 0.772. The molecule has 122 valence electrons. The molecule has 0 atom stereocenters. The molecule has 1 aromatic rings. The number of furan rings is 1. The van der Waals surface area contributed by atoms with Gasteiger partial charge in [0, 0.05) is 33.1 Å². The third-order valence-corrected chi connectivity index (χ3v) is 3.56. The van der Waals surface area contributed by atoms with E-state index >= 15 is 0 Å². The number of hydrogen-bond acceptors (Lipinski definition) is 5. The summed E-state index contributed by atoms with van der Waals surface area (Å²) >= 11 is 0. The third-order valence-electron chi connectivity index (χ3n) is 3.56. The number of carbonyl (C=O) groups is 2. The molecule has 0 aromatic carbocycles. The van der Waals surface area contributed by atoms with E-state index in [4.69, 9.17) is 9.15 Å². The Kier molecular flexibility index (Phi) is 6.42. The van der Waals surface area contributed by atoms with E-state index in [-0.39, 0.29) is 18.4 Å². The smallest absolute Gasteiger partial charge is 0.239 e. The van der Waals surface area contributed by atoms with Gasteiger partial charge in [-0.05, 0) is 12.1 Å². The molecule has 1 aliphatic heterocycles. The Morgan fingerprint density at radius 1 is 1.36 bits per heavy atom. The van der Waals surface area contributed by atoms with Gasteiger partial charge < -0.3 is 19.4 Å². The third kappa shape index (κ3) is 5.50. The topological polar surface area (TPSA) is 75.0 Å². The van der Waals surface area contributed by atoms with Crippen molar-refractivity contribution >= 4 is 11.8 Å². The minimum absolute atomic E-state index is 0.0408. The maximum Gasteiger partial charge on any atom is 0.239 e. The number of nitrogens with one attached hydrogen (secondary N) is 1. The highest BCUT2D eigenvalue weighted by Crippen LogP contribution is 2.05. The summed E-state index contributed by atoms with van der Waals surface area (Å²) in [5.74, 6) is 0.353. The van der Waals surface area contributed by atoms with Crippen molar-refractivity contribution in [3.63, 3.8) is 0 Å². The first-order chi connectivity index (χ1) is 10.6. The fourth-order valence-corrected chi connectivity index (χ4v) is 2.28. The summed E-state index contributed by atoms with van der Waals surface area (Å²) in [6.07, 6.45) is 1.55. The molecule has 1 saturated heterocycles. The Bertz CT molecular complexity index is 469. The van der Waals surface area contributed by atoms with Gasteiger partial charge >= 0.3 is 0 Å². The van der Waals surface area contributed by atoms with E-state index < -0.39 is 0 Å². The molecule has 0 bridgehead atoms. The summed E-state index contributed by atoms with van der Waals surface area (Å²) in [5, 5.41) is 2.85. The van der Waals surface area contributed by atoms with Crippen LogP contribution in [0.15, 0.2) is 22.8 Å². The average molecular weight is 309 g/mol. The Morgan fingerprint density at radius 2 is 2.14 bits per heavy atom. The SMILES string of the molecule is CC(=O)N(CC(=O)NCCN1CCOCC1)Cc1ccco1. The number of amides is 2. The lowest BCUT2D eigenvalue weighted by Gasteiger charge is -2.26. The normalized spacial score (nSPS) is 15.5. The zero-order chi connectivity index (χ0) is 15.8. The van der Waals surface area contributed by atoms with Gasteiger partial charge in [-0.15, -0.1) is 0 Å². The van der Waals surface area contributed by atoms with Crippen LogP contribution in [0, 0.1) is 0 Å². The van der Waals surface area contributed by atoms with E-state index in [1.54, 1.807) is 18.4 Å². The minimum Gasteiger partial charge on any atom is -0.467 e. The van der Waals surface area contributed by atoms with Crippen molar-refractivity contribution in [3.8, 4) is 0 Å². The van der Waals surface area contributed by atoms with E-state index in [1.807, 2.05) is 0 Å². The second-order valence-electron chi connectivity index (χ2n) is 5.26. The lowest BCUT2D eigenvalue weighted by molar-refractivity contribution is -0.135. The van der Waals surface area contributed by atoms with Crippen LogP contribution in [0.1, 0.15) is 12.7 Å². The highest BCUT2D eigenvalue weighted by Gasteiger charge is 2.16. The van der Waals surface area contributed by atoms with Crippen molar-refractivity contribution in [2.24, 2.45) is 0 Å². The predicted octanol–water partition coefficient (Wildman–Crippen LogP) is 0.0765. The number of carbonyl (C=O) groups excluding carboxylic acids is 2. The standard InChI is InChI=1S/C15H23N3O4/c1-13(19)18(11-14-3-2-8-22-14)12-15(20)16-4-5-17-6-9-21-10-7-17/h2-3,8H,4-7,9-12H2,1H3,(H,16,20). The van der Waals surface area contributed by atoms with Gasteiger partial charge in [0.15, 0.2) is 0 Å². The maximum absolute atomic E-state index is 11.9. The first kappa shape index (κ1) is 16.5. The van der Waals surface area contributed by atoms with E-state index in [9.17, 15) is 9.59 Å². The number of morpholine rings is 1. The van der Waals surface area contributed by atoms with Gasteiger partial charge in [0.25, 0.3) is 0 Å². The molecule has 1 N–H and O–H groups in total. The van der Waals surface area contributed by atoms with Crippen LogP contribution in [0.4, 0.5) is 0 Å². The van der Waals surface area contributed by atoms with Gasteiger partial charge in [0.05, 0.1) is 32.6 Å². The van der Waals surface area contributed by atoms with Gasteiger partial charge in [0.1, 0.15) is 5.76 Å². The highest BCUT2D eigenvalue weighted by atomic mass is 16.5. The van der Waals surface area contributed by atoms with Crippen molar-refractivity contribution < 1.29 is 18.7 Å². The molecular formula is C15H23N3O4. The summed E-state index contributed by atoms with van der Waals surface area (Å²) in [6.45, 7) is 6.45. The second-order valence-corrected chi connectivity index (χ2v) is 5.26. The molecule has 2 heterocycles. The first-order valence-electron chi connectivity index (χ1n) is 7.50. The largest absolute Gasteiger partial charge is 0.467 e. The van der Waals surface area contributed by atoms with Crippen molar-refractivity contribution in [1.29, 1.82) is 0 Å². The summed E-state index contributed by atoms with van der Waals surface area (Å²) in [4.78, 5) is 27.3. The molecule has 2 amide bonds. The molecule has 1 aromatic heterocycles. The summed E-state index contributed by atoms with van der Waals surface area (Å²) < 4.78 is 10.5. The van der Waals surface area contributed by atoms with E-state index in [0.717, 1.165) is 32.8 Å². The Morgan fingerprint density at radius 3 is 2.77 bits per heavy atom. The molecule has 7 heteroatoms. The number of hydrogen-bond donors (Lipinski definition) is 1. The summed E-state index contributed by atoms with van der Waals surface area (Å²) in [6, 6.07) is 3.54. The van der Waals surface area contributed by atoms with Crippen LogP contribution in [0.2, 0.25) is 0 Å². The maximum atomic E-state index is 11.9. The van der Waals surface area contributed by atoms with Crippen LogP contribution in [0.25, 0.3) is 0 Å². The van der Waals surface area contributed by atoms with Crippen molar-refractivity contribution in [3.05, 3.63) is 24.2 Å². The van der Waals surface area contributed by atoms with Crippen LogP contribution in [-0.4, -0.2) is 67.6 Å². The Labute approximate surface area is 130 Å². The van der Waals surface area contributed by atoms with Gasteiger partial charge in [-0.2, -0.15) is 0 Å². The van der Waals surface area contributed by atoms with Crippen LogP contribution in [0.3, 0.4) is 0 Å². The molecule has 7 nitrogen and oxygen atoms in total. The van der Waals surface area contributed by atoms with E-state index in [1.165, 1.54) is 11.8 Å². The number of rotatable bonds is 7.